The standard InChI is InChI=1S/C18H19F3N2O4S/c1-2-3-16(12-4-6-13(7-5-12)17(24)22-25)23-28(26,27)15-10-8-14(9-11-15)18(19,20)21/h4-11,16,23,25H,2-3H2,1H3,(H,22,24)/t16-/m1/s1. The van der Waals surface area contributed by atoms with Gasteiger partial charge in [-0.3, -0.25) is 10.0 Å². The summed E-state index contributed by atoms with van der Waals surface area (Å²) in [6.45, 7) is 1.85. The van der Waals surface area contributed by atoms with Gasteiger partial charge in [-0.15, -0.1) is 0 Å². The zero-order valence-corrected chi connectivity index (χ0v) is 15.6. The molecule has 0 aromatic heterocycles. The van der Waals surface area contributed by atoms with Crippen LogP contribution < -0.4 is 10.2 Å². The second kappa shape index (κ2) is 8.72. The van der Waals surface area contributed by atoms with E-state index in [4.69, 9.17) is 5.21 Å². The van der Waals surface area contributed by atoms with Crippen LogP contribution in [0.15, 0.2) is 53.4 Å². The van der Waals surface area contributed by atoms with E-state index >= 15 is 0 Å². The number of rotatable bonds is 7. The van der Waals surface area contributed by atoms with Gasteiger partial charge >= 0.3 is 6.18 Å². The third kappa shape index (κ3) is 5.31. The molecule has 0 aliphatic carbocycles. The molecule has 2 aromatic rings. The molecule has 0 fully saturated rings. The van der Waals surface area contributed by atoms with E-state index in [0.29, 0.717) is 30.5 Å². The number of sulfonamides is 1. The molecule has 0 aliphatic rings. The van der Waals surface area contributed by atoms with Crippen molar-refractivity contribution >= 4 is 15.9 Å². The van der Waals surface area contributed by atoms with Crippen LogP contribution in [-0.2, 0) is 16.2 Å². The molecule has 0 saturated heterocycles. The third-order valence-corrected chi connectivity index (χ3v) is 5.53. The topological polar surface area (TPSA) is 95.5 Å². The molecular formula is C18H19F3N2O4S. The van der Waals surface area contributed by atoms with Crippen molar-refractivity contribution in [3.05, 3.63) is 65.2 Å². The molecule has 0 aliphatic heterocycles. The summed E-state index contributed by atoms with van der Waals surface area (Å²) in [4.78, 5) is 11.1. The molecule has 0 radical (unpaired) electrons. The summed E-state index contributed by atoms with van der Waals surface area (Å²) in [7, 11) is -4.06. The summed E-state index contributed by atoms with van der Waals surface area (Å²) >= 11 is 0. The summed E-state index contributed by atoms with van der Waals surface area (Å²) in [6.07, 6.45) is -3.48. The Hall–Kier alpha value is -2.43. The van der Waals surface area contributed by atoms with Gasteiger partial charge in [-0.25, -0.2) is 18.6 Å². The van der Waals surface area contributed by atoms with Crippen LogP contribution in [0.25, 0.3) is 0 Å². The number of amides is 1. The number of benzene rings is 2. The highest BCUT2D eigenvalue weighted by molar-refractivity contribution is 7.89. The van der Waals surface area contributed by atoms with Gasteiger partial charge in [0.15, 0.2) is 0 Å². The fourth-order valence-corrected chi connectivity index (χ4v) is 3.85. The number of carbonyl (C=O) groups is 1. The van der Waals surface area contributed by atoms with Crippen molar-refractivity contribution in [2.75, 3.05) is 0 Å². The number of alkyl halides is 3. The molecule has 1 atom stereocenters. The van der Waals surface area contributed by atoms with Gasteiger partial charge in [-0.05, 0) is 48.4 Å². The predicted molar refractivity (Wildman–Crippen MR) is 95.1 cm³/mol. The Morgan fingerprint density at radius 1 is 1.07 bits per heavy atom. The Bertz CT molecular complexity index is 911. The molecular weight excluding hydrogens is 397 g/mol. The van der Waals surface area contributed by atoms with Crippen molar-refractivity contribution in [1.82, 2.24) is 10.2 Å². The van der Waals surface area contributed by atoms with Crippen LogP contribution in [0, 0.1) is 0 Å². The van der Waals surface area contributed by atoms with E-state index in [1.54, 1.807) is 12.1 Å². The van der Waals surface area contributed by atoms with Gasteiger partial charge in [0.2, 0.25) is 10.0 Å². The minimum atomic E-state index is -4.55. The first-order valence-electron chi connectivity index (χ1n) is 8.32. The smallest absolute Gasteiger partial charge is 0.288 e. The van der Waals surface area contributed by atoms with Gasteiger partial charge in [0.25, 0.3) is 5.91 Å². The molecule has 0 heterocycles. The van der Waals surface area contributed by atoms with E-state index in [-0.39, 0.29) is 10.5 Å². The first kappa shape index (κ1) is 21.9. The molecule has 0 bridgehead atoms. The fraction of sp³-hybridized carbons (Fsp3) is 0.278. The van der Waals surface area contributed by atoms with Crippen LogP contribution in [-0.4, -0.2) is 19.5 Å². The van der Waals surface area contributed by atoms with Gasteiger partial charge < -0.3 is 0 Å². The number of carbonyl (C=O) groups excluding carboxylic acids is 1. The normalized spacial score (nSPS) is 13.2. The molecule has 0 spiro atoms. The highest BCUT2D eigenvalue weighted by Crippen LogP contribution is 2.30. The quantitative estimate of drug-likeness (QED) is 0.474. The SMILES string of the molecule is CCC[C@@H](NS(=O)(=O)c1ccc(C(F)(F)F)cc1)c1ccc(C(=O)NO)cc1. The van der Waals surface area contributed by atoms with Crippen LogP contribution in [0.5, 0.6) is 0 Å². The maximum Gasteiger partial charge on any atom is 0.416 e. The van der Waals surface area contributed by atoms with Gasteiger partial charge in [0.05, 0.1) is 10.5 Å². The molecule has 1 amide bonds. The molecule has 10 heteroatoms. The number of halogens is 3. The lowest BCUT2D eigenvalue weighted by atomic mass is 10.0. The van der Waals surface area contributed by atoms with Crippen molar-refractivity contribution in [2.24, 2.45) is 0 Å². The van der Waals surface area contributed by atoms with Crippen LogP contribution >= 0.6 is 0 Å². The van der Waals surface area contributed by atoms with Crippen molar-refractivity contribution in [3.8, 4) is 0 Å². The number of hydrogen-bond acceptors (Lipinski definition) is 4. The summed E-state index contributed by atoms with van der Waals surface area (Å²) in [5.74, 6) is -0.705. The lowest BCUT2D eigenvalue weighted by Crippen LogP contribution is -2.29. The molecule has 28 heavy (non-hydrogen) atoms. The third-order valence-electron chi connectivity index (χ3n) is 4.04. The summed E-state index contributed by atoms with van der Waals surface area (Å²) < 4.78 is 65.6. The Kier molecular flexibility index (Phi) is 6.81. The van der Waals surface area contributed by atoms with Gasteiger partial charge in [-0.1, -0.05) is 25.5 Å². The zero-order chi connectivity index (χ0) is 20.9. The Balaban J connectivity index is 2.26. The van der Waals surface area contributed by atoms with Crippen molar-refractivity contribution in [1.29, 1.82) is 0 Å². The number of nitrogens with one attached hydrogen (secondary N) is 2. The first-order chi connectivity index (χ1) is 13.1. The van der Waals surface area contributed by atoms with Crippen molar-refractivity contribution in [2.45, 2.75) is 36.9 Å². The maximum absolute atomic E-state index is 12.7. The fourth-order valence-electron chi connectivity index (χ4n) is 2.59. The number of hydroxylamine groups is 1. The molecule has 3 N–H and O–H groups in total. The monoisotopic (exact) mass is 416 g/mol. The van der Waals surface area contributed by atoms with E-state index in [1.807, 2.05) is 6.92 Å². The minimum Gasteiger partial charge on any atom is -0.288 e. The van der Waals surface area contributed by atoms with Gasteiger partial charge in [-0.2, -0.15) is 13.2 Å². The van der Waals surface area contributed by atoms with Crippen molar-refractivity contribution < 1.29 is 31.6 Å². The molecule has 0 saturated carbocycles. The van der Waals surface area contributed by atoms with Gasteiger partial charge in [0, 0.05) is 11.6 Å². The molecule has 2 aromatic carbocycles. The second-order valence-corrected chi connectivity index (χ2v) is 7.76. The highest BCUT2D eigenvalue weighted by Gasteiger charge is 2.31. The van der Waals surface area contributed by atoms with E-state index < -0.39 is 33.7 Å². The molecule has 0 unspecified atom stereocenters. The minimum absolute atomic E-state index is 0.187. The predicted octanol–water partition coefficient (Wildman–Crippen LogP) is 3.64. The average molecular weight is 416 g/mol. The Morgan fingerprint density at radius 2 is 1.64 bits per heavy atom. The van der Waals surface area contributed by atoms with Crippen LogP contribution in [0.4, 0.5) is 13.2 Å². The van der Waals surface area contributed by atoms with Crippen LogP contribution in [0.3, 0.4) is 0 Å². The summed E-state index contributed by atoms with van der Waals surface area (Å²) in [5, 5.41) is 8.64. The second-order valence-electron chi connectivity index (χ2n) is 6.05. The highest BCUT2D eigenvalue weighted by atomic mass is 32.2. The Morgan fingerprint density at radius 3 is 2.11 bits per heavy atom. The van der Waals surface area contributed by atoms with E-state index in [1.165, 1.54) is 17.6 Å². The average Bonchev–Trinajstić information content (AvgIpc) is 2.66. The lowest BCUT2D eigenvalue weighted by molar-refractivity contribution is -0.137. The van der Waals surface area contributed by atoms with Crippen molar-refractivity contribution in [3.63, 3.8) is 0 Å². The summed E-state index contributed by atoms with van der Waals surface area (Å²) in [6, 6.07) is 8.54. The van der Waals surface area contributed by atoms with E-state index in [0.717, 1.165) is 12.1 Å². The van der Waals surface area contributed by atoms with E-state index in [9.17, 15) is 26.4 Å². The van der Waals surface area contributed by atoms with E-state index in [2.05, 4.69) is 4.72 Å². The zero-order valence-electron chi connectivity index (χ0n) is 14.8. The molecule has 152 valence electrons. The molecule has 6 nitrogen and oxygen atoms in total. The number of hydrogen-bond donors (Lipinski definition) is 3. The van der Waals surface area contributed by atoms with Crippen LogP contribution in [0.2, 0.25) is 0 Å². The lowest BCUT2D eigenvalue weighted by Gasteiger charge is -2.19. The maximum atomic E-state index is 12.7. The largest absolute Gasteiger partial charge is 0.416 e. The Labute approximate surface area is 160 Å². The summed E-state index contributed by atoms with van der Waals surface area (Å²) in [5.41, 5.74) is 1.33. The first-order valence-corrected chi connectivity index (χ1v) is 9.80. The molecule has 2 rings (SSSR count). The van der Waals surface area contributed by atoms with Gasteiger partial charge in [0.1, 0.15) is 0 Å². The van der Waals surface area contributed by atoms with Crippen LogP contribution in [0.1, 0.15) is 47.3 Å².